The third-order valence-electron chi connectivity index (χ3n) is 5.04. The van der Waals surface area contributed by atoms with Crippen molar-refractivity contribution < 1.29 is 9.59 Å². The minimum absolute atomic E-state index is 0.0872. The zero-order valence-electron chi connectivity index (χ0n) is 15.6. The minimum Gasteiger partial charge on any atom is -0.349 e. The molecule has 1 heterocycles. The van der Waals surface area contributed by atoms with E-state index in [0.717, 1.165) is 19.3 Å². The van der Waals surface area contributed by atoms with Crippen LogP contribution in [0.3, 0.4) is 0 Å². The smallest absolute Gasteiger partial charge is 0.251 e. The number of piperidine rings is 1. The van der Waals surface area contributed by atoms with E-state index in [1.807, 2.05) is 4.90 Å². The lowest BCUT2D eigenvalue weighted by molar-refractivity contribution is -0.132. The van der Waals surface area contributed by atoms with E-state index < -0.39 is 0 Å². The highest BCUT2D eigenvalue weighted by molar-refractivity contribution is 6.30. The van der Waals surface area contributed by atoms with Crippen LogP contribution in [0.2, 0.25) is 5.02 Å². The van der Waals surface area contributed by atoms with Gasteiger partial charge >= 0.3 is 0 Å². The number of hydrogen-bond donors (Lipinski definition) is 1. The largest absolute Gasteiger partial charge is 0.349 e. The number of hydrogen-bond acceptors (Lipinski definition) is 2. The number of aryl methyl sites for hydroxylation is 2. The molecule has 1 N–H and O–H groups in total. The van der Waals surface area contributed by atoms with Crippen LogP contribution in [0.5, 0.6) is 0 Å². The summed E-state index contributed by atoms with van der Waals surface area (Å²) < 4.78 is 0. The Labute approximate surface area is 165 Å². The van der Waals surface area contributed by atoms with Gasteiger partial charge in [-0.3, -0.25) is 9.59 Å². The third kappa shape index (κ3) is 5.57. The van der Waals surface area contributed by atoms with E-state index in [0.29, 0.717) is 30.1 Å². The summed E-state index contributed by atoms with van der Waals surface area (Å²) in [6.07, 6.45) is 2.88. The van der Waals surface area contributed by atoms with Crippen molar-refractivity contribution in [2.45, 2.75) is 38.6 Å². The lowest BCUT2D eigenvalue weighted by Gasteiger charge is -2.32. The van der Waals surface area contributed by atoms with Gasteiger partial charge in [-0.1, -0.05) is 41.4 Å². The Hall–Kier alpha value is -2.33. The fraction of sp³-hybridized carbons (Fsp3) is 0.364. The fourth-order valence-electron chi connectivity index (χ4n) is 3.31. The number of benzene rings is 2. The lowest BCUT2D eigenvalue weighted by Crippen LogP contribution is -2.46. The van der Waals surface area contributed by atoms with Crippen molar-refractivity contribution in [3.05, 3.63) is 70.2 Å². The number of likely N-dealkylation sites (tertiary alicyclic amines) is 1. The molecule has 0 aromatic heterocycles. The van der Waals surface area contributed by atoms with Gasteiger partial charge in [-0.2, -0.15) is 0 Å². The molecule has 1 aliphatic heterocycles. The van der Waals surface area contributed by atoms with E-state index in [1.54, 1.807) is 24.3 Å². The maximum atomic E-state index is 12.4. The standard InChI is InChI=1S/C22H25ClN2O2/c1-16-2-4-17(5-3-16)6-11-21(26)25-14-12-20(13-15-25)24-22(27)18-7-9-19(23)10-8-18/h2-5,7-10,20H,6,11-15H2,1H3,(H,24,27). The predicted octanol–water partition coefficient (Wildman–Crippen LogP) is 4.00. The van der Waals surface area contributed by atoms with Gasteiger partial charge < -0.3 is 10.2 Å². The summed E-state index contributed by atoms with van der Waals surface area (Å²) in [4.78, 5) is 26.7. The van der Waals surface area contributed by atoms with E-state index in [1.165, 1.54) is 11.1 Å². The molecule has 2 aromatic carbocycles. The number of rotatable bonds is 5. The number of nitrogens with zero attached hydrogens (tertiary/aromatic N) is 1. The highest BCUT2D eigenvalue weighted by atomic mass is 35.5. The monoisotopic (exact) mass is 384 g/mol. The van der Waals surface area contributed by atoms with Crippen LogP contribution in [0.4, 0.5) is 0 Å². The van der Waals surface area contributed by atoms with Gasteiger partial charge in [0.1, 0.15) is 0 Å². The van der Waals surface area contributed by atoms with E-state index >= 15 is 0 Å². The van der Waals surface area contributed by atoms with Crippen molar-refractivity contribution in [1.82, 2.24) is 10.2 Å². The Morgan fingerprint density at radius 3 is 2.30 bits per heavy atom. The van der Waals surface area contributed by atoms with Crippen LogP contribution < -0.4 is 5.32 Å². The molecule has 27 heavy (non-hydrogen) atoms. The van der Waals surface area contributed by atoms with Crippen LogP contribution in [0, 0.1) is 6.92 Å². The molecule has 0 aliphatic carbocycles. The minimum atomic E-state index is -0.0872. The Kier molecular flexibility index (Phi) is 6.51. The number of halogens is 1. The number of carbonyl (C=O) groups is 2. The summed E-state index contributed by atoms with van der Waals surface area (Å²) in [5.74, 6) is 0.105. The molecule has 2 aromatic rings. The number of amides is 2. The van der Waals surface area contributed by atoms with E-state index in [-0.39, 0.29) is 17.9 Å². The van der Waals surface area contributed by atoms with Crippen LogP contribution >= 0.6 is 11.6 Å². The first kappa shape index (κ1) is 19.4. The summed E-state index contributed by atoms with van der Waals surface area (Å²) in [7, 11) is 0. The summed E-state index contributed by atoms with van der Waals surface area (Å²) >= 11 is 5.86. The number of nitrogens with one attached hydrogen (secondary N) is 1. The first-order valence-electron chi connectivity index (χ1n) is 9.41. The van der Waals surface area contributed by atoms with Crippen LogP contribution in [-0.4, -0.2) is 35.8 Å². The summed E-state index contributed by atoms with van der Waals surface area (Å²) in [5, 5.41) is 3.67. The average Bonchev–Trinajstić information content (AvgIpc) is 2.68. The molecule has 1 fully saturated rings. The Morgan fingerprint density at radius 1 is 1.04 bits per heavy atom. The molecule has 0 atom stereocenters. The molecular weight excluding hydrogens is 360 g/mol. The average molecular weight is 385 g/mol. The van der Waals surface area contributed by atoms with E-state index in [4.69, 9.17) is 11.6 Å². The molecule has 142 valence electrons. The molecule has 1 saturated heterocycles. The van der Waals surface area contributed by atoms with Gasteiger partial charge in [0, 0.05) is 36.1 Å². The number of carbonyl (C=O) groups excluding carboxylic acids is 2. The molecule has 1 aliphatic rings. The first-order chi connectivity index (χ1) is 13.0. The zero-order chi connectivity index (χ0) is 19.2. The van der Waals surface area contributed by atoms with Gasteiger partial charge in [-0.15, -0.1) is 0 Å². The molecule has 0 unspecified atom stereocenters. The van der Waals surface area contributed by atoms with Gasteiger partial charge in [0.25, 0.3) is 5.91 Å². The van der Waals surface area contributed by atoms with Gasteiger partial charge in [0.2, 0.25) is 5.91 Å². The van der Waals surface area contributed by atoms with Crippen molar-refractivity contribution in [2.75, 3.05) is 13.1 Å². The quantitative estimate of drug-likeness (QED) is 0.846. The van der Waals surface area contributed by atoms with Crippen LogP contribution in [0.25, 0.3) is 0 Å². The second kappa shape index (κ2) is 9.05. The molecule has 0 spiro atoms. The Balaban J connectivity index is 1.42. The van der Waals surface area contributed by atoms with Gasteiger partial charge in [-0.05, 0) is 56.0 Å². The van der Waals surface area contributed by atoms with Crippen molar-refractivity contribution in [3.8, 4) is 0 Å². The Bertz CT molecular complexity index is 779. The van der Waals surface area contributed by atoms with E-state index in [2.05, 4.69) is 36.5 Å². The van der Waals surface area contributed by atoms with Gasteiger partial charge in [0.05, 0.1) is 0 Å². The summed E-state index contributed by atoms with van der Waals surface area (Å²) in [6, 6.07) is 15.3. The summed E-state index contributed by atoms with van der Waals surface area (Å²) in [5.41, 5.74) is 3.03. The highest BCUT2D eigenvalue weighted by Gasteiger charge is 2.23. The van der Waals surface area contributed by atoms with Crippen LogP contribution in [0.15, 0.2) is 48.5 Å². The molecule has 4 nitrogen and oxygen atoms in total. The molecule has 2 amide bonds. The lowest BCUT2D eigenvalue weighted by atomic mass is 10.0. The maximum absolute atomic E-state index is 12.4. The fourth-order valence-corrected chi connectivity index (χ4v) is 3.43. The third-order valence-corrected chi connectivity index (χ3v) is 5.29. The highest BCUT2D eigenvalue weighted by Crippen LogP contribution is 2.15. The van der Waals surface area contributed by atoms with Crippen LogP contribution in [0.1, 0.15) is 40.7 Å². The van der Waals surface area contributed by atoms with Crippen molar-refractivity contribution in [1.29, 1.82) is 0 Å². The topological polar surface area (TPSA) is 49.4 Å². The second-order valence-electron chi connectivity index (χ2n) is 7.12. The Morgan fingerprint density at radius 2 is 1.67 bits per heavy atom. The first-order valence-corrected chi connectivity index (χ1v) is 9.79. The normalized spacial score (nSPS) is 14.8. The molecule has 5 heteroatoms. The molecule has 3 rings (SSSR count). The zero-order valence-corrected chi connectivity index (χ0v) is 16.3. The predicted molar refractivity (Wildman–Crippen MR) is 108 cm³/mol. The van der Waals surface area contributed by atoms with Crippen molar-refractivity contribution in [2.24, 2.45) is 0 Å². The molecule has 0 saturated carbocycles. The maximum Gasteiger partial charge on any atom is 0.251 e. The van der Waals surface area contributed by atoms with Gasteiger partial charge in [0.15, 0.2) is 0 Å². The van der Waals surface area contributed by atoms with E-state index in [9.17, 15) is 9.59 Å². The second-order valence-corrected chi connectivity index (χ2v) is 7.56. The van der Waals surface area contributed by atoms with Crippen LogP contribution in [-0.2, 0) is 11.2 Å². The van der Waals surface area contributed by atoms with Crippen molar-refractivity contribution >= 4 is 23.4 Å². The molecular formula is C22H25ClN2O2. The summed E-state index contributed by atoms with van der Waals surface area (Å²) in [6.45, 7) is 3.45. The van der Waals surface area contributed by atoms with Crippen molar-refractivity contribution in [3.63, 3.8) is 0 Å². The molecule has 0 bridgehead atoms. The molecule has 0 radical (unpaired) electrons. The van der Waals surface area contributed by atoms with Gasteiger partial charge in [-0.25, -0.2) is 0 Å². The SMILES string of the molecule is Cc1ccc(CCC(=O)N2CCC(NC(=O)c3ccc(Cl)cc3)CC2)cc1.